The maximum absolute atomic E-state index is 13.1. The Labute approximate surface area is 181 Å². The zero-order valence-corrected chi connectivity index (χ0v) is 17.7. The third-order valence-corrected chi connectivity index (χ3v) is 6.73. The number of nitrogens with one attached hydrogen (secondary N) is 1. The van der Waals surface area contributed by atoms with Crippen molar-refractivity contribution in [1.82, 2.24) is 4.98 Å². The second-order valence-corrected chi connectivity index (χ2v) is 9.20. The lowest BCUT2D eigenvalue weighted by Crippen LogP contribution is -2.13. The standard InChI is InChI=1S/C26H20N2O2S/c1-18-11-14-21(15-12-18)31(29,30)28-25-17-24(20-8-3-2-4-9-20)27-26-22-10-6-5-7-19(22)13-16-23(25)26/h2-17H,1H3,(H,27,28). The average molecular weight is 425 g/mol. The molecule has 0 fully saturated rings. The number of aromatic nitrogens is 1. The van der Waals surface area contributed by atoms with E-state index in [9.17, 15) is 8.42 Å². The van der Waals surface area contributed by atoms with Gasteiger partial charge in [-0.15, -0.1) is 0 Å². The number of aryl methyl sites for hydroxylation is 1. The van der Waals surface area contributed by atoms with Gasteiger partial charge in [0.2, 0.25) is 0 Å². The molecule has 0 radical (unpaired) electrons. The topological polar surface area (TPSA) is 59.1 Å². The quantitative estimate of drug-likeness (QED) is 0.351. The Hall–Kier alpha value is -3.70. The van der Waals surface area contributed by atoms with Crippen LogP contribution in [0.1, 0.15) is 5.56 Å². The molecule has 152 valence electrons. The highest BCUT2D eigenvalue weighted by Gasteiger charge is 2.18. The first-order valence-corrected chi connectivity index (χ1v) is 11.5. The Bertz CT molecular complexity index is 1510. The Morgan fingerprint density at radius 3 is 2.23 bits per heavy atom. The summed E-state index contributed by atoms with van der Waals surface area (Å²) in [7, 11) is -3.75. The largest absolute Gasteiger partial charge is 0.279 e. The van der Waals surface area contributed by atoms with E-state index in [1.165, 1.54) is 0 Å². The number of pyridine rings is 1. The van der Waals surface area contributed by atoms with E-state index in [0.29, 0.717) is 11.4 Å². The number of nitrogens with zero attached hydrogens (tertiary/aromatic N) is 1. The first-order chi connectivity index (χ1) is 15.0. The SMILES string of the molecule is Cc1ccc(S(=O)(=O)Nc2cc(-c3ccccc3)nc3c2ccc2ccccc23)cc1. The fourth-order valence-corrected chi connectivity index (χ4v) is 4.79. The third-order valence-electron chi connectivity index (χ3n) is 5.35. The first-order valence-electron chi connectivity index (χ1n) is 9.99. The Morgan fingerprint density at radius 1 is 0.742 bits per heavy atom. The highest BCUT2D eigenvalue weighted by molar-refractivity contribution is 7.92. The molecule has 5 aromatic rings. The molecule has 0 bridgehead atoms. The van der Waals surface area contributed by atoms with Gasteiger partial charge in [-0.3, -0.25) is 4.72 Å². The van der Waals surface area contributed by atoms with Crippen molar-refractivity contribution in [2.75, 3.05) is 4.72 Å². The Balaban J connectivity index is 1.74. The van der Waals surface area contributed by atoms with Gasteiger partial charge in [-0.1, -0.05) is 84.4 Å². The van der Waals surface area contributed by atoms with E-state index in [1.807, 2.05) is 73.7 Å². The summed E-state index contributed by atoms with van der Waals surface area (Å²) in [5.41, 5.74) is 3.92. The summed E-state index contributed by atoms with van der Waals surface area (Å²) in [6.07, 6.45) is 0. The molecule has 0 atom stereocenters. The van der Waals surface area contributed by atoms with Crippen LogP contribution in [0.5, 0.6) is 0 Å². The molecule has 0 spiro atoms. The van der Waals surface area contributed by atoms with Gasteiger partial charge in [0.25, 0.3) is 10.0 Å². The van der Waals surface area contributed by atoms with Crippen LogP contribution >= 0.6 is 0 Å². The van der Waals surface area contributed by atoms with Gasteiger partial charge in [-0.25, -0.2) is 13.4 Å². The molecule has 5 rings (SSSR count). The molecule has 5 heteroatoms. The van der Waals surface area contributed by atoms with Crippen molar-refractivity contribution in [1.29, 1.82) is 0 Å². The van der Waals surface area contributed by atoms with Crippen molar-refractivity contribution in [2.24, 2.45) is 0 Å². The fourth-order valence-electron chi connectivity index (χ4n) is 3.72. The molecule has 4 aromatic carbocycles. The third kappa shape index (κ3) is 3.64. The van der Waals surface area contributed by atoms with Gasteiger partial charge in [-0.05, 0) is 30.5 Å². The number of hydrogen-bond donors (Lipinski definition) is 1. The van der Waals surface area contributed by atoms with E-state index in [-0.39, 0.29) is 4.90 Å². The van der Waals surface area contributed by atoms with Crippen molar-refractivity contribution >= 4 is 37.4 Å². The maximum Gasteiger partial charge on any atom is 0.261 e. The molecule has 1 N–H and O–H groups in total. The van der Waals surface area contributed by atoms with Crippen molar-refractivity contribution in [3.63, 3.8) is 0 Å². The number of benzene rings is 4. The smallest absolute Gasteiger partial charge is 0.261 e. The van der Waals surface area contributed by atoms with Gasteiger partial charge in [0.05, 0.1) is 21.8 Å². The number of fused-ring (bicyclic) bond motifs is 3. The van der Waals surface area contributed by atoms with Crippen LogP contribution in [0.4, 0.5) is 5.69 Å². The zero-order valence-electron chi connectivity index (χ0n) is 16.9. The lowest BCUT2D eigenvalue weighted by atomic mass is 10.0. The summed E-state index contributed by atoms with van der Waals surface area (Å²) in [5.74, 6) is 0. The normalized spacial score (nSPS) is 11.6. The molecule has 0 aliphatic heterocycles. The molecule has 0 aliphatic rings. The van der Waals surface area contributed by atoms with E-state index in [1.54, 1.807) is 30.3 Å². The molecule has 0 saturated carbocycles. The van der Waals surface area contributed by atoms with Crippen molar-refractivity contribution in [3.8, 4) is 11.3 Å². The van der Waals surface area contributed by atoms with E-state index < -0.39 is 10.0 Å². The van der Waals surface area contributed by atoms with Gasteiger partial charge in [-0.2, -0.15) is 0 Å². The lowest BCUT2D eigenvalue weighted by molar-refractivity contribution is 0.601. The molecule has 1 heterocycles. The van der Waals surface area contributed by atoms with E-state index in [2.05, 4.69) is 4.72 Å². The van der Waals surface area contributed by atoms with Gasteiger partial charge in [0, 0.05) is 16.3 Å². The molecule has 0 unspecified atom stereocenters. The summed E-state index contributed by atoms with van der Waals surface area (Å²) in [6, 6.07) is 30.3. The van der Waals surface area contributed by atoms with Crippen molar-refractivity contribution in [3.05, 3.63) is 103 Å². The summed E-state index contributed by atoms with van der Waals surface area (Å²) in [5, 5.41) is 2.79. The zero-order chi connectivity index (χ0) is 21.4. The highest BCUT2D eigenvalue weighted by atomic mass is 32.2. The van der Waals surface area contributed by atoms with Crippen LogP contribution in [0.25, 0.3) is 32.9 Å². The van der Waals surface area contributed by atoms with Crippen LogP contribution in [-0.2, 0) is 10.0 Å². The monoisotopic (exact) mass is 424 g/mol. The molecule has 31 heavy (non-hydrogen) atoms. The van der Waals surface area contributed by atoms with Gasteiger partial charge in [0.1, 0.15) is 0 Å². The maximum atomic E-state index is 13.1. The second-order valence-electron chi connectivity index (χ2n) is 7.52. The van der Waals surface area contributed by atoms with Gasteiger partial charge < -0.3 is 0 Å². The number of hydrogen-bond acceptors (Lipinski definition) is 3. The van der Waals surface area contributed by atoms with Crippen LogP contribution < -0.4 is 4.72 Å². The minimum absolute atomic E-state index is 0.227. The molecular formula is C26H20N2O2S. The number of sulfonamides is 1. The predicted molar refractivity (Wildman–Crippen MR) is 127 cm³/mol. The Morgan fingerprint density at radius 2 is 1.45 bits per heavy atom. The predicted octanol–water partition coefficient (Wildman–Crippen LogP) is 6.16. The summed E-state index contributed by atoms with van der Waals surface area (Å²) < 4.78 is 29.1. The average Bonchev–Trinajstić information content (AvgIpc) is 2.79. The molecule has 1 aromatic heterocycles. The summed E-state index contributed by atoms with van der Waals surface area (Å²) >= 11 is 0. The van der Waals surface area contributed by atoms with Crippen molar-refractivity contribution < 1.29 is 8.42 Å². The van der Waals surface area contributed by atoms with Crippen LogP contribution in [0.2, 0.25) is 0 Å². The van der Waals surface area contributed by atoms with E-state index in [0.717, 1.165) is 32.8 Å². The first kappa shape index (κ1) is 19.3. The van der Waals surface area contributed by atoms with Crippen LogP contribution in [0, 0.1) is 6.92 Å². The lowest BCUT2D eigenvalue weighted by Gasteiger charge is -2.14. The summed E-state index contributed by atoms with van der Waals surface area (Å²) in [6.45, 7) is 1.93. The van der Waals surface area contributed by atoms with Gasteiger partial charge in [0.15, 0.2) is 0 Å². The summed E-state index contributed by atoms with van der Waals surface area (Å²) in [4.78, 5) is 5.14. The minimum Gasteiger partial charge on any atom is -0.279 e. The molecule has 0 aliphatic carbocycles. The minimum atomic E-state index is -3.75. The van der Waals surface area contributed by atoms with Crippen molar-refractivity contribution in [2.45, 2.75) is 11.8 Å². The molecule has 0 saturated heterocycles. The molecule has 0 amide bonds. The van der Waals surface area contributed by atoms with Gasteiger partial charge >= 0.3 is 0 Å². The molecular weight excluding hydrogens is 404 g/mol. The highest BCUT2D eigenvalue weighted by Crippen LogP contribution is 2.34. The van der Waals surface area contributed by atoms with E-state index >= 15 is 0 Å². The number of rotatable bonds is 4. The Kier molecular flexibility index (Phi) is 4.68. The second kappa shape index (κ2) is 7.52. The fraction of sp³-hybridized carbons (Fsp3) is 0.0385. The van der Waals surface area contributed by atoms with E-state index in [4.69, 9.17) is 4.98 Å². The van der Waals surface area contributed by atoms with Crippen LogP contribution in [-0.4, -0.2) is 13.4 Å². The molecule has 4 nitrogen and oxygen atoms in total. The van der Waals surface area contributed by atoms with Crippen LogP contribution in [0.15, 0.2) is 102 Å². The number of anilines is 1. The van der Waals surface area contributed by atoms with Crippen LogP contribution in [0.3, 0.4) is 0 Å².